The number of methoxy groups -OCH3 is 1. The van der Waals surface area contributed by atoms with E-state index in [-0.39, 0.29) is 12.1 Å². The van der Waals surface area contributed by atoms with Gasteiger partial charge in [-0.2, -0.15) is 0 Å². The first-order valence-electron chi connectivity index (χ1n) is 7.24. The monoisotopic (exact) mass is 316 g/mol. The van der Waals surface area contributed by atoms with Crippen LogP contribution in [0.2, 0.25) is 0 Å². The maximum Gasteiger partial charge on any atom is 0.319 e. The molecule has 0 spiro atoms. The topological polar surface area (TPSA) is 85.4 Å². The van der Waals surface area contributed by atoms with Crippen LogP contribution in [0.4, 0.5) is 10.5 Å². The maximum absolute atomic E-state index is 12.0. The molecule has 2 aromatic heterocycles. The second kappa shape index (κ2) is 8.70. The fourth-order valence-corrected chi connectivity index (χ4v) is 1.85. The number of carbonyl (C=O) groups is 1. The molecule has 0 unspecified atom stereocenters. The summed E-state index contributed by atoms with van der Waals surface area (Å²) in [5.74, 6) is 0.483. The average Bonchev–Trinajstić information content (AvgIpc) is 2.57. The van der Waals surface area contributed by atoms with Crippen molar-refractivity contribution in [3.8, 4) is 5.88 Å². The first-order chi connectivity index (χ1) is 11.2. The van der Waals surface area contributed by atoms with Gasteiger partial charge in [-0.15, -0.1) is 0 Å². The Balaban J connectivity index is 1.83. The van der Waals surface area contributed by atoms with Crippen molar-refractivity contribution in [1.82, 2.24) is 15.3 Å². The number of hydrogen-bond donors (Lipinski definition) is 2. The molecule has 1 atom stereocenters. The summed E-state index contributed by atoms with van der Waals surface area (Å²) < 4.78 is 10.2. The summed E-state index contributed by atoms with van der Waals surface area (Å²) >= 11 is 0. The molecular weight excluding hydrogens is 296 g/mol. The summed E-state index contributed by atoms with van der Waals surface area (Å²) in [6.07, 6.45) is 4.95. The quantitative estimate of drug-likeness (QED) is 0.766. The molecule has 23 heavy (non-hydrogen) atoms. The Hall–Kier alpha value is -2.67. The predicted octanol–water partition coefficient (Wildman–Crippen LogP) is 2.38. The number of nitrogens with one attached hydrogen (secondary N) is 2. The Morgan fingerprint density at radius 3 is 2.78 bits per heavy atom. The molecular formula is C16H20N4O3. The fourth-order valence-electron chi connectivity index (χ4n) is 1.85. The lowest BCUT2D eigenvalue weighted by atomic mass is 10.1. The second-order valence-corrected chi connectivity index (χ2v) is 4.83. The average molecular weight is 316 g/mol. The maximum atomic E-state index is 12.0. The molecule has 0 saturated heterocycles. The molecule has 0 bridgehead atoms. The van der Waals surface area contributed by atoms with Crippen molar-refractivity contribution in [2.75, 3.05) is 25.6 Å². The number of carbonyl (C=O) groups excluding carboxylic acids is 1. The van der Waals surface area contributed by atoms with E-state index in [1.54, 1.807) is 31.6 Å². The van der Waals surface area contributed by atoms with Gasteiger partial charge in [-0.05, 0) is 24.6 Å². The Bertz CT molecular complexity index is 604. The first-order valence-corrected chi connectivity index (χ1v) is 7.24. The number of amides is 2. The van der Waals surface area contributed by atoms with E-state index < -0.39 is 0 Å². The molecule has 0 fully saturated rings. The summed E-state index contributed by atoms with van der Waals surface area (Å²) in [6, 6.07) is 6.70. The van der Waals surface area contributed by atoms with Gasteiger partial charge in [0.25, 0.3) is 0 Å². The van der Waals surface area contributed by atoms with E-state index in [1.807, 2.05) is 19.1 Å². The van der Waals surface area contributed by atoms with Gasteiger partial charge in [-0.3, -0.25) is 4.98 Å². The number of urea groups is 1. The van der Waals surface area contributed by atoms with Gasteiger partial charge in [0, 0.05) is 25.6 Å². The zero-order chi connectivity index (χ0) is 16.5. The molecule has 0 aliphatic carbocycles. The van der Waals surface area contributed by atoms with E-state index in [2.05, 4.69) is 20.6 Å². The van der Waals surface area contributed by atoms with Gasteiger partial charge in [0.05, 0.1) is 24.5 Å². The minimum Gasteiger partial charge on any atom is -0.475 e. The van der Waals surface area contributed by atoms with Gasteiger partial charge in [0.1, 0.15) is 6.61 Å². The smallest absolute Gasteiger partial charge is 0.319 e. The number of hydrogen-bond acceptors (Lipinski definition) is 5. The minimum atomic E-state index is -0.309. The third kappa shape index (κ3) is 5.55. The van der Waals surface area contributed by atoms with Gasteiger partial charge in [0.2, 0.25) is 5.88 Å². The van der Waals surface area contributed by atoms with E-state index >= 15 is 0 Å². The molecule has 2 N–H and O–H groups in total. The first kappa shape index (κ1) is 16.7. The minimum absolute atomic E-state index is 0.145. The Kier molecular flexibility index (Phi) is 6.31. The van der Waals surface area contributed by atoms with Crippen molar-refractivity contribution in [3.63, 3.8) is 0 Å². The number of nitrogens with zero attached hydrogens (tertiary/aromatic N) is 2. The largest absolute Gasteiger partial charge is 0.475 e. The lowest BCUT2D eigenvalue weighted by molar-refractivity contribution is 0.144. The highest BCUT2D eigenvalue weighted by Gasteiger charge is 2.09. The SMILES string of the molecule is COCCOc1ccc(NC(=O)N[C@@H](C)c2cccnc2)cn1. The van der Waals surface area contributed by atoms with Crippen LogP contribution in [0.3, 0.4) is 0 Å². The molecule has 7 heteroatoms. The van der Waals surface area contributed by atoms with Crippen molar-refractivity contribution in [2.45, 2.75) is 13.0 Å². The lowest BCUT2D eigenvalue weighted by Gasteiger charge is -2.14. The van der Waals surface area contributed by atoms with Crippen LogP contribution in [0.25, 0.3) is 0 Å². The predicted molar refractivity (Wildman–Crippen MR) is 86.4 cm³/mol. The van der Waals surface area contributed by atoms with E-state index in [1.165, 1.54) is 6.20 Å². The Morgan fingerprint density at radius 1 is 1.26 bits per heavy atom. The van der Waals surface area contributed by atoms with Crippen LogP contribution >= 0.6 is 0 Å². The van der Waals surface area contributed by atoms with Crippen LogP contribution in [-0.2, 0) is 4.74 Å². The van der Waals surface area contributed by atoms with Crippen LogP contribution in [0.15, 0.2) is 42.9 Å². The highest BCUT2D eigenvalue weighted by Crippen LogP contribution is 2.13. The van der Waals surface area contributed by atoms with E-state index in [0.29, 0.717) is 24.8 Å². The third-order valence-corrected chi connectivity index (χ3v) is 3.06. The van der Waals surface area contributed by atoms with Crippen LogP contribution in [-0.4, -0.2) is 36.3 Å². The second-order valence-electron chi connectivity index (χ2n) is 4.83. The van der Waals surface area contributed by atoms with E-state index in [0.717, 1.165) is 5.56 Å². The molecule has 2 aromatic rings. The van der Waals surface area contributed by atoms with Gasteiger partial charge in [-0.25, -0.2) is 9.78 Å². The van der Waals surface area contributed by atoms with Crippen LogP contribution in [0.1, 0.15) is 18.5 Å². The molecule has 0 aliphatic heterocycles. The van der Waals surface area contributed by atoms with Crippen LogP contribution < -0.4 is 15.4 Å². The van der Waals surface area contributed by atoms with Crippen molar-refractivity contribution in [1.29, 1.82) is 0 Å². The summed E-state index contributed by atoms with van der Waals surface area (Å²) in [4.78, 5) is 20.1. The standard InChI is InChI=1S/C16H20N4O3/c1-12(13-4-3-7-17-10-13)19-16(21)20-14-5-6-15(18-11-14)23-9-8-22-2/h3-7,10-12H,8-9H2,1-2H3,(H2,19,20,21)/t12-/m0/s1. The van der Waals surface area contributed by atoms with Crippen molar-refractivity contribution in [2.24, 2.45) is 0 Å². The lowest BCUT2D eigenvalue weighted by Crippen LogP contribution is -2.31. The molecule has 122 valence electrons. The molecule has 0 saturated carbocycles. The molecule has 2 amide bonds. The molecule has 2 rings (SSSR count). The molecule has 0 aromatic carbocycles. The van der Waals surface area contributed by atoms with Crippen molar-refractivity contribution < 1.29 is 14.3 Å². The van der Waals surface area contributed by atoms with Gasteiger partial charge < -0.3 is 20.1 Å². The molecule has 0 aliphatic rings. The highest BCUT2D eigenvalue weighted by molar-refractivity contribution is 5.89. The number of pyridine rings is 2. The van der Waals surface area contributed by atoms with Crippen LogP contribution in [0.5, 0.6) is 5.88 Å². The van der Waals surface area contributed by atoms with Crippen molar-refractivity contribution >= 4 is 11.7 Å². The molecule has 7 nitrogen and oxygen atoms in total. The Morgan fingerprint density at radius 2 is 2.13 bits per heavy atom. The summed E-state index contributed by atoms with van der Waals surface area (Å²) in [7, 11) is 1.61. The summed E-state index contributed by atoms with van der Waals surface area (Å²) in [5, 5.41) is 5.56. The third-order valence-electron chi connectivity index (χ3n) is 3.06. The normalized spacial score (nSPS) is 11.6. The number of aromatic nitrogens is 2. The molecule has 0 radical (unpaired) electrons. The summed E-state index contributed by atoms with van der Waals surface area (Å²) in [6.45, 7) is 2.82. The fraction of sp³-hybridized carbons (Fsp3) is 0.312. The highest BCUT2D eigenvalue weighted by atomic mass is 16.5. The zero-order valence-corrected chi connectivity index (χ0v) is 13.2. The van der Waals surface area contributed by atoms with Crippen LogP contribution in [0, 0.1) is 0 Å². The zero-order valence-electron chi connectivity index (χ0n) is 13.2. The number of rotatable bonds is 7. The van der Waals surface area contributed by atoms with E-state index in [4.69, 9.17) is 9.47 Å². The number of ether oxygens (including phenoxy) is 2. The molecule has 2 heterocycles. The van der Waals surface area contributed by atoms with E-state index in [9.17, 15) is 4.79 Å². The van der Waals surface area contributed by atoms with Gasteiger partial charge in [0.15, 0.2) is 0 Å². The summed E-state index contributed by atoms with van der Waals surface area (Å²) in [5.41, 5.74) is 1.52. The van der Waals surface area contributed by atoms with Crippen molar-refractivity contribution in [3.05, 3.63) is 48.4 Å². The van der Waals surface area contributed by atoms with Gasteiger partial charge >= 0.3 is 6.03 Å². The number of anilines is 1. The van der Waals surface area contributed by atoms with Gasteiger partial charge in [-0.1, -0.05) is 6.07 Å². The Labute approximate surface area is 135 Å².